The maximum atomic E-state index is 12.6. The molecular weight excluding hydrogens is 300 g/mol. The maximum Gasteiger partial charge on any atom is 0.242 e. The summed E-state index contributed by atoms with van der Waals surface area (Å²) in [7, 11) is 0. The van der Waals surface area contributed by atoms with E-state index in [0.29, 0.717) is 18.0 Å². The number of rotatable bonds is 3. The Morgan fingerprint density at radius 1 is 1.23 bits per heavy atom. The van der Waals surface area contributed by atoms with Gasteiger partial charge in [-0.1, -0.05) is 23.7 Å². The minimum absolute atomic E-state index is 0.0534. The Morgan fingerprint density at radius 2 is 2.09 bits per heavy atom. The van der Waals surface area contributed by atoms with Crippen LogP contribution in [0.4, 0.5) is 0 Å². The molecule has 4 nitrogen and oxygen atoms in total. The quantitative estimate of drug-likeness (QED) is 0.859. The Kier molecular flexibility index (Phi) is 4.67. The number of carbonyl (C=O) groups is 2. The van der Waals surface area contributed by atoms with E-state index in [9.17, 15) is 9.59 Å². The summed E-state index contributed by atoms with van der Waals surface area (Å²) in [6, 6.07) is 7.81. The van der Waals surface area contributed by atoms with Crippen LogP contribution in [0.5, 0.6) is 0 Å². The van der Waals surface area contributed by atoms with Crippen LogP contribution in [0.15, 0.2) is 24.3 Å². The van der Waals surface area contributed by atoms with Gasteiger partial charge in [0.1, 0.15) is 0 Å². The second kappa shape index (κ2) is 6.69. The fourth-order valence-corrected chi connectivity index (χ4v) is 3.61. The van der Waals surface area contributed by atoms with Crippen LogP contribution in [0.1, 0.15) is 43.7 Å². The van der Waals surface area contributed by atoms with Gasteiger partial charge in [0.05, 0.1) is 12.6 Å². The predicted molar refractivity (Wildman–Crippen MR) is 85.6 cm³/mol. The van der Waals surface area contributed by atoms with Gasteiger partial charge >= 0.3 is 0 Å². The first kappa shape index (κ1) is 15.3. The van der Waals surface area contributed by atoms with E-state index in [1.165, 1.54) is 0 Å². The standard InChI is InChI=1S/C17H21ClN2O2/c18-14-6-3-5-13(11-14)15-7-4-10-20(15)17(22)12-19-9-2-1-8-16(19)21/h3,5-6,11,15H,1-2,4,7-10,12H2. The summed E-state index contributed by atoms with van der Waals surface area (Å²) in [5.41, 5.74) is 1.09. The molecule has 0 bridgehead atoms. The van der Waals surface area contributed by atoms with Crippen molar-refractivity contribution in [1.29, 1.82) is 0 Å². The molecule has 5 heteroatoms. The highest BCUT2D eigenvalue weighted by Crippen LogP contribution is 2.33. The van der Waals surface area contributed by atoms with Gasteiger partial charge in [-0.05, 0) is 43.4 Å². The molecule has 1 atom stereocenters. The number of halogens is 1. The molecular formula is C17H21ClN2O2. The molecule has 2 aliphatic heterocycles. The van der Waals surface area contributed by atoms with Crippen LogP contribution in [-0.2, 0) is 9.59 Å². The molecule has 2 fully saturated rings. The second-order valence-corrected chi connectivity index (χ2v) is 6.51. The van der Waals surface area contributed by atoms with Crippen LogP contribution in [0, 0.1) is 0 Å². The second-order valence-electron chi connectivity index (χ2n) is 6.07. The van der Waals surface area contributed by atoms with Crippen molar-refractivity contribution in [3.05, 3.63) is 34.9 Å². The molecule has 0 aliphatic carbocycles. The summed E-state index contributed by atoms with van der Waals surface area (Å²) in [6.45, 7) is 1.69. The Morgan fingerprint density at radius 3 is 2.86 bits per heavy atom. The fraction of sp³-hybridized carbons (Fsp3) is 0.529. The van der Waals surface area contributed by atoms with Gasteiger partial charge in [0.15, 0.2) is 0 Å². The molecule has 0 aromatic heterocycles. The number of hydrogen-bond acceptors (Lipinski definition) is 2. The number of hydrogen-bond donors (Lipinski definition) is 0. The number of piperidine rings is 1. The average Bonchev–Trinajstić information content (AvgIpc) is 2.99. The van der Waals surface area contributed by atoms with Crippen LogP contribution in [-0.4, -0.2) is 41.2 Å². The molecule has 1 aromatic rings. The molecule has 0 saturated carbocycles. The Balaban J connectivity index is 1.69. The fourth-order valence-electron chi connectivity index (χ4n) is 3.41. The van der Waals surface area contributed by atoms with Crippen molar-refractivity contribution in [2.24, 2.45) is 0 Å². The van der Waals surface area contributed by atoms with Crippen molar-refractivity contribution in [2.45, 2.75) is 38.1 Å². The lowest BCUT2D eigenvalue weighted by Crippen LogP contribution is -2.44. The highest BCUT2D eigenvalue weighted by Gasteiger charge is 2.32. The number of carbonyl (C=O) groups excluding carboxylic acids is 2. The predicted octanol–water partition coefficient (Wildman–Crippen LogP) is 3.02. The van der Waals surface area contributed by atoms with E-state index in [2.05, 4.69) is 0 Å². The van der Waals surface area contributed by atoms with E-state index < -0.39 is 0 Å². The van der Waals surface area contributed by atoms with Gasteiger partial charge in [-0.2, -0.15) is 0 Å². The van der Waals surface area contributed by atoms with Crippen LogP contribution in [0.25, 0.3) is 0 Å². The third kappa shape index (κ3) is 3.27. The molecule has 2 heterocycles. The third-order valence-electron chi connectivity index (χ3n) is 4.55. The first-order chi connectivity index (χ1) is 10.6. The van der Waals surface area contributed by atoms with Crippen LogP contribution in [0.3, 0.4) is 0 Å². The van der Waals surface area contributed by atoms with Crippen molar-refractivity contribution in [1.82, 2.24) is 9.80 Å². The summed E-state index contributed by atoms with van der Waals surface area (Å²) < 4.78 is 0. The van der Waals surface area contributed by atoms with E-state index in [4.69, 9.17) is 11.6 Å². The lowest BCUT2D eigenvalue weighted by molar-refractivity contribution is -0.142. The van der Waals surface area contributed by atoms with Gasteiger partial charge < -0.3 is 9.80 Å². The van der Waals surface area contributed by atoms with Gasteiger partial charge in [0.25, 0.3) is 0 Å². The highest BCUT2D eigenvalue weighted by atomic mass is 35.5. The third-order valence-corrected chi connectivity index (χ3v) is 4.79. The van der Waals surface area contributed by atoms with Crippen molar-refractivity contribution in [3.63, 3.8) is 0 Å². The molecule has 1 unspecified atom stereocenters. The van der Waals surface area contributed by atoms with Crippen LogP contribution >= 0.6 is 11.6 Å². The normalized spacial score (nSPS) is 22.2. The topological polar surface area (TPSA) is 40.6 Å². The van der Waals surface area contributed by atoms with Crippen molar-refractivity contribution in [3.8, 4) is 0 Å². The van der Waals surface area contributed by atoms with E-state index in [0.717, 1.165) is 37.8 Å². The minimum Gasteiger partial charge on any atom is -0.334 e. The largest absolute Gasteiger partial charge is 0.334 e. The molecule has 22 heavy (non-hydrogen) atoms. The van der Waals surface area contributed by atoms with E-state index in [-0.39, 0.29) is 24.4 Å². The average molecular weight is 321 g/mol. The first-order valence-corrected chi connectivity index (χ1v) is 8.35. The van der Waals surface area contributed by atoms with Crippen molar-refractivity contribution >= 4 is 23.4 Å². The molecule has 3 rings (SSSR count). The maximum absolute atomic E-state index is 12.6. The summed E-state index contributed by atoms with van der Waals surface area (Å²) in [5.74, 6) is 0.163. The Hall–Kier alpha value is -1.55. The first-order valence-electron chi connectivity index (χ1n) is 7.98. The lowest BCUT2D eigenvalue weighted by Gasteiger charge is -2.31. The van der Waals surface area contributed by atoms with E-state index in [1.54, 1.807) is 4.90 Å². The van der Waals surface area contributed by atoms with Crippen LogP contribution < -0.4 is 0 Å². The van der Waals surface area contributed by atoms with E-state index in [1.807, 2.05) is 29.2 Å². The van der Waals surface area contributed by atoms with Crippen molar-refractivity contribution < 1.29 is 9.59 Å². The molecule has 0 spiro atoms. The number of benzene rings is 1. The molecule has 2 saturated heterocycles. The summed E-state index contributed by atoms with van der Waals surface area (Å²) in [6.07, 6.45) is 4.47. The number of likely N-dealkylation sites (tertiary alicyclic amines) is 2. The summed E-state index contributed by atoms with van der Waals surface area (Å²) in [5, 5.41) is 0.697. The zero-order chi connectivity index (χ0) is 15.5. The summed E-state index contributed by atoms with van der Waals surface area (Å²) in [4.78, 5) is 28.1. The molecule has 118 valence electrons. The zero-order valence-corrected chi connectivity index (χ0v) is 13.4. The van der Waals surface area contributed by atoms with Crippen LogP contribution in [0.2, 0.25) is 5.02 Å². The number of nitrogens with zero attached hydrogens (tertiary/aromatic N) is 2. The SMILES string of the molecule is O=C1CCCCN1CC(=O)N1CCCC1c1cccc(Cl)c1. The summed E-state index contributed by atoms with van der Waals surface area (Å²) >= 11 is 6.07. The molecule has 2 aliphatic rings. The van der Waals surface area contributed by atoms with E-state index >= 15 is 0 Å². The lowest BCUT2D eigenvalue weighted by atomic mass is 10.0. The van der Waals surface area contributed by atoms with Gasteiger partial charge in [-0.3, -0.25) is 9.59 Å². The van der Waals surface area contributed by atoms with Gasteiger partial charge in [-0.25, -0.2) is 0 Å². The Bertz CT molecular complexity index is 576. The highest BCUT2D eigenvalue weighted by molar-refractivity contribution is 6.30. The van der Waals surface area contributed by atoms with Gasteiger partial charge in [0, 0.05) is 24.5 Å². The smallest absolute Gasteiger partial charge is 0.242 e. The van der Waals surface area contributed by atoms with Gasteiger partial charge in [0.2, 0.25) is 11.8 Å². The monoisotopic (exact) mass is 320 g/mol. The molecule has 2 amide bonds. The minimum atomic E-state index is 0.0534. The molecule has 0 radical (unpaired) electrons. The van der Waals surface area contributed by atoms with Gasteiger partial charge in [-0.15, -0.1) is 0 Å². The number of amides is 2. The van der Waals surface area contributed by atoms with Crippen molar-refractivity contribution in [2.75, 3.05) is 19.6 Å². The molecule has 1 aromatic carbocycles. The zero-order valence-electron chi connectivity index (χ0n) is 12.6. The molecule has 0 N–H and O–H groups in total. The Labute approximate surface area is 136 Å².